The van der Waals surface area contributed by atoms with Gasteiger partial charge < -0.3 is 9.47 Å². The summed E-state index contributed by atoms with van der Waals surface area (Å²) in [6, 6.07) is 22.9. The van der Waals surface area contributed by atoms with Crippen LogP contribution in [0.5, 0.6) is 5.75 Å². The van der Waals surface area contributed by atoms with Crippen LogP contribution in [0.3, 0.4) is 0 Å². The van der Waals surface area contributed by atoms with E-state index in [1.165, 1.54) is 18.2 Å². The lowest BCUT2D eigenvalue weighted by molar-refractivity contribution is -0.139. The monoisotopic (exact) mass is 402 g/mol. The van der Waals surface area contributed by atoms with Crippen LogP contribution in [-0.4, -0.2) is 19.0 Å². The van der Waals surface area contributed by atoms with Crippen molar-refractivity contribution in [1.82, 2.24) is 0 Å². The number of hydrogen-bond acceptors (Lipinski definition) is 4. The van der Waals surface area contributed by atoms with E-state index in [4.69, 9.17) is 4.74 Å². The molecule has 154 valence electrons. The van der Waals surface area contributed by atoms with Gasteiger partial charge >= 0.3 is 11.9 Å². The molecule has 4 nitrogen and oxygen atoms in total. The number of carbonyl (C=O) groups is 2. The summed E-state index contributed by atoms with van der Waals surface area (Å²) in [7, 11) is 1.35. The Kier molecular flexibility index (Phi) is 6.36. The van der Waals surface area contributed by atoms with Crippen LogP contribution in [0.15, 0.2) is 72.8 Å². The first kappa shape index (κ1) is 21.3. The zero-order chi connectivity index (χ0) is 21.7. The average Bonchev–Trinajstić information content (AvgIpc) is 2.75. The summed E-state index contributed by atoms with van der Waals surface area (Å²) in [5.74, 6) is -0.272. The summed E-state index contributed by atoms with van der Waals surface area (Å²) in [6.07, 6.45) is 0.171. The number of benzene rings is 3. The lowest BCUT2D eigenvalue weighted by Gasteiger charge is -2.26. The highest BCUT2D eigenvalue weighted by Crippen LogP contribution is 2.32. The molecule has 0 saturated heterocycles. The predicted molar refractivity (Wildman–Crippen MR) is 117 cm³/mol. The van der Waals surface area contributed by atoms with Crippen molar-refractivity contribution in [2.45, 2.75) is 32.6 Å². The van der Waals surface area contributed by atoms with Gasteiger partial charge in [-0.1, -0.05) is 67.9 Å². The average molecular weight is 402 g/mol. The van der Waals surface area contributed by atoms with E-state index in [-0.39, 0.29) is 17.8 Å². The fourth-order valence-corrected chi connectivity index (χ4v) is 3.24. The molecule has 30 heavy (non-hydrogen) atoms. The molecule has 3 aromatic rings. The van der Waals surface area contributed by atoms with Gasteiger partial charge in [0.05, 0.1) is 19.1 Å². The highest BCUT2D eigenvalue weighted by molar-refractivity contribution is 5.91. The Morgan fingerprint density at radius 1 is 0.800 bits per heavy atom. The van der Waals surface area contributed by atoms with Crippen molar-refractivity contribution in [2.75, 3.05) is 7.11 Å². The normalized spacial score (nSPS) is 11.1. The molecule has 0 saturated carbocycles. The SMILES string of the molecule is COC(=O)Cc1ccc(C(=O)Oc2ccc(C(C)(C)c3ccc(C)cc3)cc2)cc1. The smallest absolute Gasteiger partial charge is 0.343 e. The molecule has 0 amide bonds. The number of hydrogen-bond donors (Lipinski definition) is 0. The second-order valence-corrected chi connectivity index (χ2v) is 7.85. The minimum atomic E-state index is -0.440. The molecule has 0 aliphatic carbocycles. The van der Waals surface area contributed by atoms with Gasteiger partial charge in [-0.15, -0.1) is 0 Å². The molecule has 0 fully saturated rings. The van der Waals surface area contributed by atoms with E-state index in [1.54, 1.807) is 24.3 Å². The molecule has 0 heterocycles. The Hall–Kier alpha value is -3.40. The summed E-state index contributed by atoms with van der Waals surface area (Å²) < 4.78 is 10.1. The number of esters is 2. The number of methoxy groups -OCH3 is 1. The second kappa shape index (κ2) is 8.95. The van der Waals surface area contributed by atoms with Gasteiger partial charge in [0.1, 0.15) is 5.75 Å². The van der Waals surface area contributed by atoms with E-state index in [0.29, 0.717) is 11.3 Å². The molecule has 0 aromatic heterocycles. The minimum Gasteiger partial charge on any atom is -0.469 e. The van der Waals surface area contributed by atoms with E-state index in [0.717, 1.165) is 11.1 Å². The summed E-state index contributed by atoms with van der Waals surface area (Å²) in [6.45, 7) is 6.43. The molecule has 0 spiro atoms. The maximum atomic E-state index is 12.4. The van der Waals surface area contributed by atoms with Gasteiger partial charge in [0.2, 0.25) is 0 Å². The number of rotatable bonds is 6. The van der Waals surface area contributed by atoms with Crippen molar-refractivity contribution in [3.05, 3.63) is 101 Å². The highest BCUT2D eigenvalue weighted by atomic mass is 16.5. The molecule has 3 rings (SSSR count). The number of carbonyl (C=O) groups excluding carboxylic acids is 2. The third-order valence-corrected chi connectivity index (χ3v) is 5.33. The summed E-state index contributed by atoms with van der Waals surface area (Å²) in [5.41, 5.74) is 4.64. The van der Waals surface area contributed by atoms with Gasteiger partial charge in [0, 0.05) is 5.41 Å². The van der Waals surface area contributed by atoms with Gasteiger partial charge in [0.25, 0.3) is 0 Å². The van der Waals surface area contributed by atoms with Crippen molar-refractivity contribution >= 4 is 11.9 Å². The molecule has 0 aliphatic heterocycles. The number of ether oxygens (including phenoxy) is 2. The van der Waals surface area contributed by atoms with Crippen molar-refractivity contribution < 1.29 is 19.1 Å². The fraction of sp³-hybridized carbons (Fsp3) is 0.231. The Bertz CT molecular complexity index is 1010. The molecule has 0 atom stereocenters. The predicted octanol–water partition coefficient (Wildman–Crippen LogP) is 5.26. The largest absolute Gasteiger partial charge is 0.469 e. The van der Waals surface area contributed by atoms with Gasteiger partial charge in [-0.25, -0.2) is 4.79 Å². The molecule has 4 heteroatoms. The summed E-state index contributed by atoms with van der Waals surface area (Å²) in [5, 5.41) is 0. The minimum absolute atomic E-state index is 0.161. The Labute approximate surface area is 177 Å². The van der Waals surface area contributed by atoms with Crippen molar-refractivity contribution in [3.63, 3.8) is 0 Å². The first-order chi connectivity index (χ1) is 14.3. The molecule has 0 radical (unpaired) electrons. The zero-order valence-corrected chi connectivity index (χ0v) is 17.8. The maximum Gasteiger partial charge on any atom is 0.343 e. The van der Waals surface area contributed by atoms with Crippen LogP contribution in [0.1, 0.15) is 46.5 Å². The fourth-order valence-electron chi connectivity index (χ4n) is 3.24. The third-order valence-electron chi connectivity index (χ3n) is 5.33. The molecular weight excluding hydrogens is 376 g/mol. The molecule has 0 bridgehead atoms. The van der Waals surface area contributed by atoms with E-state index >= 15 is 0 Å². The third kappa shape index (κ3) is 4.95. The summed E-state index contributed by atoms with van der Waals surface area (Å²) >= 11 is 0. The van der Waals surface area contributed by atoms with Gasteiger partial charge in [-0.05, 0) is 47.9 Å². The van der Waals surface area contributed by atoms with E-state index < -0.39 is 5.97 Å². The van der Waals surface area contributed by atoms with Crippen LogP contribution >= 0.6 is 0 Å². The Morgan fingerprint density at radius 2 is 1.33 bits per heavy atom. The lowest BCUT2D eigenvalue weighted by Crippen LogP contribution is -2.18. The first-order valence-corrected chi connectivity index (χ1v) is 9.85. The van der Waals surface area contributed by atoms with Crippen molar-refractivity contribution in [3.8, 4) is 5.75 Å². The van der Waals surface area contributed by atoms with E-state index in [9.17, 15) is 9.59 Å². The van der Waals surface area contributed by atoms with Gasteiger partial charge in [0.15, 0.2) is 0 Å². The van der Waals surface area contributed by atoms with Gasteiger partial charge in [-0.2, -0.15) is 0 Å². The van der Waals surface area contributed by atoms with Crippen LogP contribution in [0.4, 0.5) is 0 Å². The zero-order valence-electron chi connectivity index (χ0n) is 17.8. The van der Waals surface area contributed by atoms with Crippen LogP contribution in [0, 0.1) is 6.92 Å². The topological polar surface area (TPSA) is 52.6 Å². The Morgan fingerprint density at radius 3 is 1.87 bits per heavy atom. The van der Waals surface area contributed by atoms with E-state index in [2.05, 4.69) is 49.8 Å². The number of aryl methyl sites for hydroxylation is 1. The van der Waals surface area contributed by atoms with Gasteiger partial charge in [-0.3, -0.25) is 4.79 Å². The Balaban J connectivity index is 1.68. The van der Waals surface area contributed by atoms with Crippen molar-refractivity contribution in [2.24, 2.45) is 0 Å². The van der Waals surface area contributed by atoms with Crippen LogP contribution < -0.4 is 4.74 Å². The molecule has 0 unspecified atom stereocenters. The first-order valence-electron chi connectivity index (χ1n) is 9.85. The molecule has 3 aromatic carbocycles. The van der Waals surface area contributed by atoms with E-state index in [1.807, 2.05) is 24.3 Å². The highest BCUT2D eigenvalue weighted by Gasteiger charge is 2.23. The lowest BCUT2D eigenvalue weighted by atomic mass is 9.78. The van der Waals surface area contributed by atoms with Crippen LogP contribution in [0.2, 0.25) is 0 Å². The molecule has 0 N–H and O–H groups in total. The molecular formula is C26H26O4. The second-order valence-electron chi connectivity index (χ2n) is 7.85. The quantitative estimate of drug-likeness (QED) is 0.417. The van der Waals surface area contributed by atoms with Crippen LogP contribution in [0.25, 0.3) is 0 Å². The maximum absolute atomic E-state index is 12.4. The standard InChI is InChI=1S/C26H26O4/c1-18-5-11-21(12-6-18)26(2,3)22-13-15-23(16-14-22)30-25(28)20-9-7-19(8-10-20)17-24(27)29-4/h5-16H,17H2,1-4H3. The van der Waals surface area contributed by atoms with Crippen molar-refractivity contribution in [1.29, 1.82) is 0 Å². The summed E-state index contributed by atoms with van der Waals surface area (Å²) in [4.78, 5) is 23.8. The molecule has 0 aliphatic rings. The van der Waals surface area contributed by atoms with Crippen LogP contribution in [-0.2, 0) is 21.4 Å².